The average molecular weight is 440 g/mol. The lowest BCUT2D eigenvalue weighted by molar-refractivity contribution is -0.126. The molecule has 4 heteroatoms. The summed E-state index contributed by atoms with van der Waals surface area (Å²) in [4.78, 5) is 17.6. The summed E-state index contributed by atoms with van der Waals surface area (Å²) in [6, 6.07) is 10.7. The molecule has 1 aromatic rings. The molecule has 0 bridgehead atoms. The van der Waals surface area contributed by atoms with E-state index in [1.165, 1.54) is 18.4 Å². The zero-order valence-corrected chi connectivity index (χ0v) is 21.2. The quantitative estimate of drug-likeness (QED) is 0.417. The molecule has 0 saturated heterocycles. The number of aryl methyl sites for hydroxylation is 1. The first-order chi connectivity index (χ1) is 15.2. The fourth-order valence-corrected chi connectivity index (χ4v) is 4.70. The van der Waals surface area contributed by atoms with Gasteiger partial charge in [-0.15, -0.1) is 0 Å². The summed E-state index contributed by atoms with van der Waals surface area (Å²) in [5, 5.41) is 3.16. The third kappa shape index (κ3) is 7.15. The van der Waals surface area contributed by atoms with Gasteiger partial charge < -0.3 is 15.1 Å². The Kier molecular flexibility index (Phi) is 9.86. The van der Waals surface area contributed by atoms with Crippen LogP contribution in [0.15, 0.2) is 54.9 Å². The molecule has 1 aromatic carbocycles. The predicted octanol–water partition coefficient (Wildman–Crippen LogP) is 5.48. The van der Waals surface area contributed by atoms with Crippen molar-refractivity contribution < 1.29 is 4.79 Å². The molecule has 2 rings (SSSR count). The number of nitrogens with zero attached hydrogens (tertiary/aromatic N) is 2. The minimum atomic E-state index is -0.245. The molecule has 1 saturated carbocycles. The molecule has 0 radical (unpaired) electrons. The lowest BCUT2D eigenvalue weighted by Gasteiger charge is -2.37. The van der Waals surface area contributed by atoms with Gasteiger partial charge in [0, 0.05) is 31.5 Å². The van der Waals surface area contributed by atoms with E-state index in [0.717, 1.165) is 36.6 Å². The second-order valence-corrected chi connectivity index (χ2v) is 9.96. The first-order valence-corrected chi connectivity index (χ1v) is 12.3. The molecule has 1 aliphatic rings. The summed E-state index contributed by atoms with van der Waals surface area (Å²) in [5.41, 5.74) is 3.27. The number of nitrogens with one attached hydrogen (secondary N) is 1. The SMILES string of the molecule is C=C(CCc1ccccc1)N(C)C(C(=O)NCC(=C)N(C)C(C(C)CC)C1CC1)C(C)C. The number of hydrogen-bond acceptors (Lipinski definition) is 3. The van der Waals surface area contributed by atoms with Gasteiger partial charge in [-0.3, -0.25) is 4.79 Å². The highest BCUT2D eigenvalue weighted by Crippen LogP contribution is 2.40. The molecular weight excluding hydrogens is 394 g/mol. The van der Waals surface area contributed by atoms with Crippen molar-refractivity contribution in [2.24, 2.45) is 17.8 Å². The van der Waals surface area contributed by atoms with Crippen LogP contribution in [0.1, 0.15) is 58.9 Å². The first-order valence-electron chi connectivity index (χ1n) is 12.3. The fourth-order valence-electron chi connectivity index (χ4n) is 4.70. The molecule has 32 heavy (non-hydrogen) atoms. The van der Waals surface area contributed by atoms with Gasteiger partial charge in [0.05, 0.1) is 6.54 Å². The highest BCUT2D eigenvalue weighted by molar-refractivity contribution is 5.82. The van der Waals surface area contributed by atoms with Gasteiger partial charge in [-0.25, -0.2) is 0 Å². The Bertz CT molecular complexity index is 753. The molecule has 3 atom stereocenters. The molecule has 0 spiro atoms. The van der Waals surface area contributed by atoms with E-state index in [4.69, 9.17) is 0 Å². The van der Waals surface area contributed by atoms with Crippen molar-refractivity contribution >= 4 is 5.91 Å². The van der Waals surface area contributed by atoms with Gasteiger partial charge >= 0.3 is 0 Å². The molecule has 1 N–H and O–H groups in total. The summed E-state index contributed by atoms with van der Waals surface area (Å²) in [5.74, 6) is 1.62. The van der Waals surface area contributed by atoms with Crippen LogP contribution in [-0.2, 0) is 11.2 Å². The molecule has 1 fully saturated rings. The Morgan fingerprint density at radius 3 is 2.22 bits per heavy atom. The number of carbonyl (C=O) groups is 1. The maximum atomic E-state index is 13.2. The van der Waals surface area contributed by atoms with Crippen LogP contribution in [0.2, 0.25) is 0 Å². The van der Waals surface area contributed by atoms with Gasteiger partial charge in [0.2, 0.25) is 5.91 Å². The van der Waals surface area contributed by atoms with Crippen molar-refractivity contribution in [3.63, 3.8) is 0 Å². The number of hydrogen-bond donors (Lipinski definition) is 1. The summed E-state index contributed by atoms with van der Waals surface area (Å²) >= 11 is 0. The minimum absolute atomic E-state index is 0.0458. The van der Waals surface area contributed by atoms with Crippen molar-refractivity contribution in [1.29, 1.82) is 0 Å². The Balaban J connectivity index is 1.92. The van der Waals surface area contributed by atoms with Crippen LogP contribution in [-0.4, -0.2) is 48.4 Å². The second-order valence-electron chi connectivity index (χ2n) is 9.96. The van der Waals surface area contributed by atoms with Crippen molar-refractivity contribution in [3.8, 4) is 0 Å². The van der Waals surface area contributed by atoms with E-state index in [9.17, 15) is 4.79 Å². The van der Waals surface area contributed by atoms with Crippen molar-refractivity contribution in [2.45, 2.75) is 71.9 Å². The summed E-state index contributed by atoms with van der Waals surface area (Å²) in [7, 11) is 4.13. The monoisotopic (exact) mass is 439 g/mol. The third-order valence-corrected chi connectivity index (χ3v) is 7.11. The zero-order valence-electron chi connectivity index (χ0n) is 21.2. The van der Waals surface area contributed by atoms with E-state index in [0.29, 0.717) is 18.5 Å². The van der Waals surface area contributed by atoms with E-state index in [1.807, 2.05) is 13.1 Å². The second kappa shape index (κ2) is 12.1. The number of carbonyl (C=O) groups excluding carboxylic acids is 1. The van der Waals surface area contributed by atoms with Crippen LogP contribution in [0.5, 0.6) is 0 Å². The molecule has 1 aliphatic carbocycles. The molecule has 1 amide bonds. The first kappa shape index (κ1) is 26.0. The normalized spacial score (nSPS) is 16.2. The number of allylic oxidation sites excluding steroid dienone is 1. The standard InChI is InChI=1S/C28H45N3O/c1-9-21(4)27(25-17-18-25)31(8)23(6)19-29-28(32)26(20(2)3)30(7)22(5)15-16-24-13-11-10-12-14-24/h10-14,20-21,25-27H,5-6,9,15-19H2,1-4,7-8H3,(H,29,32). The van der Waals surface area contributed by atoms with Gasteiger partial charge in [-0.05, 0) is 49.0 Å². The zero-order chi connectivity index (χ0) is 23.8. The van der Waals surface area contributed by atoms with Gasteiger partial charge in [0.1, 0.15) is 6.04 Å². The van der Waals surface area contributed by atoms with Gasteiger partial charge in [0.25, 0.3) is 0 Å². The molecular formula is C28H45N3O. The molecule has 0 aliphatic heterocycles. The largest absolute Gasteiger partial charge is 0.373 e. The minimum Gasteiger partial charge on any atom is -0.373 e. The van der Waals surface area contributed by atoms with Crippen molar-refractivity contribution in [2.75, 3.05) is 20.6 Å². The van der Waals surface area contributed by atoms with E-state index in [-0.39, 0.29) is 17.9 Å². The van der Waals surface area contributed by atoms with Crippen LogP contribution in [0, 0.1) is 17.8 Å². The van der Waals surface area contributed by atoms with Crippen molar-refractivity contribution in [3.05, 3.63) is 60.4 Å². The van der Waals surface area contributed by atoms with Crippen LogP contribution in [0.4, 0.5) is 0 Å². The lowest BCUT2D eigenvalue weighted by atomic mass is 9.93. The Morgan fingerprint density at radius 2 is 1.69 bits per heavy atom. The molecule has 178 valence electrons. The predicted molar refractivity (Wildman–Crippen MR) is 136 cm³/mol. The maximum absolute atomic E-state index is 13.2. The Morgan fingerprint density at radius 1 is 1.06 bits per heavy atom. The van der Waals surface area contributed by atoms with Gasteiger partial charge in [-0.1, -0.05) is 77.6 Å². The molecule has 3 unspecified atom stereocenters. The Labute approximate surface area is 196 Å². The smallest absolute Gasteiger partial charge is 0.243 e. The van der Waals surface area contributed by atoms with Gasteiger partial charge in [-0.2, -0.15) is 0 Å². The van der Waals surface area contributed by atoms with E-state index >= 15 is 0 Å². The van der Waals surface area contributed by atoms with Gasteiger partial charge in [0.15, 0.2) is 0 Å². The molecule has 0 aromatic heterocycles. The summed E-state index contributed by atoms with van der Waals surface area (Å²) in [6.45, 7) is 17.8. The highest BCUT2D eigenvalue weighted by Gasteiger charge is 2.37. The maximum Gasteiger partial charge on any atom is 0.243 e. The highest BCUT2D eigenvalue weighted by atomic mass is 16.2. The number of rotatable bonds is 14. The summed E-state index contributed by atoms with van der Waals surface area (Å²) in [6.07, 6.45) is 5.55. The average Bonchev–Trinajstić information content (AvgIpc) is 3.61. The Hall–Kier alpha value is -2.23. The lowest BCUT2D eigenvalue weighted by Crippen LogP contribution is -2.49. The number of likely N-dealkylation sites (N-methyl/N-ethyl adjacent to an activating group) is 2. The van der Waals surface area contributed by atoms with E-state index < -0.39 is 0 Å². The van der Waals surface area contributed by atoms with Crippen LogP contribution in [0.3, 0.4) is 0 Å². The number of benzene rings is 1. The van der Waals surface area contributed by atoms with Crippen LogP contribution < -0.4 is 5.32 Å². The fraction of sp³-hybridized carbons (Fsp3) is 0.607. The topological polar surface area (TPSA) is 35.6 Å². The van der Waals surface area contributed by atoms with E-state index in [2.05, 4.69) is 87.3 Å². The van der Waals surface area contributed by atoms with E-state index in [1.54, 1.807) is 0 Å². The molecule has 0 heterocycles. The number of amides is 1. The third-order valence-electron chi connectivity index (χ3n) is 7.11. The summed E-state index contributed by atoms with van der Waals surface area (Å²) < 4.78 is 0. The van der Waals surface area contributed by atoms with Crippen LogP contribution >= 0.6 is 0 Å². The van der Waals surface area contributed by atoms with Crippen LogP contribution in [0.25, 0.3) is 0 Å². The van der Waals surface area contributed by atoms with Crippen molar-refractivity contribution in [1.82, 2.24) is 15.1 Å². The molecule has 4 nitrogen and oxygen atoms in total.